The fourth-order valence-corrected chi connectivity index (χ4v) is 2.91. The molecule has 1 aromatic carbocycles. The Morgan fingerprint density at radius 2 is 1.90 bits per heavy atom. The molecule has 11 heteroatoms. The number of H-pyrrole nitrogens is 1. The molecule has 2 aromatic heterocycles. The maximum atomic E-state index is 12.8. The fraction of sp³-hybridized carbons (Fsp3) is 0.316. The molecule has 0 bridgehead atoms. The number of hydrogen-bond acceptors (Lipinski definition) is 8. The molecular formula is C19H21N7O4. The Morgan fingerprint density at radius 1 is 1.20 bits per heavy atom. The summed E-state index contributed by atoms with van der Waals surface area (Å²) in [5.74, 6) is 0.571. The molecule has 0 amide bonds. The van der Waals surface area contributed by atoms with Gasteiger partial charge < -0.3 is 4.74 Å². The number of aryl methyl sites for hydroxylation is 2. The van der Waals surface area contributed by atoms with Crippen LogP contribution in [0.3, 0.4) is 0 Å². The molecule has 0 spiro atoms. The molecular weight excluding hydrogens is 390 g/mol. The molecule has 0 atom stereocenters. The van der Waals surface area contributed by atoms with Crippen molar-refractivity contribution in [1.29, 1.82) is 0 Å². The van der Waals surface area contributed by atoms with Crippen molar-refractivity contribution in [2.45, 2.75) is 33.6 Å². The van der Waals surface area contributed by atoms with Crippen molar-refractivity contribution in [3.05, 3.63) is 61.7 Å². The topological polar surface area (TPSA) is 141 Å². The molecule has 0 aliphatic carbocycles. The zero-order valence-electron chi connectivity index (χ0n) is 17.0. The van der Waals surface area contributed by atoms with Crippen LogP contribution in [0.1, 0.15) is 30.3 Å². The molecule has 0 aliphatic heterocycles. The first-order chi connectivity index (χ1) is 14.3. The number of hydrogen-bond donors (Lipinski definition) is 1. The molecule has 11 nitrogen and oxygen atoms in total. The number of rotatable bonds is 7. The Labute approximate surface area is 171 Å². The summed E-state index contributed by atoms with van der Waals surface area (Å²) in [6.07, 6.45) is 1.68. The SMILES string of the molecule is CCCc1c(C)nc(-n2[nH]c(C)c(N=Nc3ccc([N+](=O)[O-])cc3)c2=O)nc1OC. The third kappa shape index (κ3) is 4.09. The molecule has 1 N–H and O–H groups in total. The minimum absolute atomic E-state index is 0.0536. The van der Waals surface area contributed by atoms with Crippen LogP contribution >= 0.6 is 0 Å². The van der Waals surface area contributed by atoms with Gasteiger partial charge in [0.1, 0.15) is 0 Å². The number of ether oxygens (including phenoxy) is 1. The average molecular weight is 411 g/mol. The Hall–Kier alpha value is -3.89. The number of non-ortho nitro benzene ring substituents is 1. The van der Waals surface area contributed by atoms with Gasteiger partial charge >= 0.3 is 5.56 Å². The van der Waals surface area contributed by atoms with Crippen LogP contribution < -0.4 is 10.3 Å². The highest BCUT2D eigenvalue weighted by Gasteiger charge is 2.18. The largest absolute Gasteiger partial charge is 0.481 e. The second-order valence-corrected chi connectivity index (χ2v) is 6.55. The van der Waals surface area contributed by atoms with Gasteiger partial charge in [-0.3, -0.25) is 20.0 Å². The number of aromatic nitrogens is 4. The molecule has 0 radical (unpaired) electrons. The summed E-state index contributed by atoms with van der Waals surface area (Å²) in [5.41, 5.74) is 2.05. The maximum Gasteiger partial charge on any atom is 0.301 e. The molecule has 3 aromatic rings. The van der Waals surface area contributed by atoms with E-state index < -0.39 is 10.5 Å². The van der Waals surface area contributed by atoms with Gasteiger partial charge in [0, 0.05) is 23.4 Å². The molecule has 156 valence electrons. The second kappa shape index (κ2) is 8.64. The molecule has 0 unspecified atom stereocenters. The predicted octanol–water partition coefficient (Wildman–Crippen LogP) is 3.86. The Bertz CT molecular complexity index is 1160. The zero-order valence-corrected chi connectivity index (χ0v) is 17.0. The Morgan fingerprint density at radius 3 is 2.50 bits per heavy atom. The number of nitro groups is 1. The lowest BCUT2D eigenvalue weighted by Crippen LogP contribution is -2.18. The quantitative estimate of drug-likeness (QED) is 0.355. The third-order valence-corrected chi connectivity index (χ3v) is 4.42. The number of azo groups is 1. The minimum atomic E-state index is -0.502. The lowest BCUT2D eigenvalue weighted by Gasteiger charge is -2.11. The van der Waals surface area contributed by atoms with E-state index in [1.807, 2.05) is 13.8 Å². The van der Waals surface area contributed by atoms with E-state index in [2.05, 4.69) is 25.3 Å². The molecule has 30 heavy (non-hydrogen) atoms. The van der Waals surface area contributed by atoms with E-state index >= 15 is 0 Å². The summed E-state index contributed by atoms with van der Waals surface area (Å²) < 4.78 is 6.56. The van der Waals surface area contributed by atoms with Crippen LogP contribution in [0.4, 0.5) is 17.1 Å². The average Bonchev–Trinajstić information content (AvgIpc) is 3.01. The number of methoxy groups -OCH3 is 1. The maximum absolute atomic E-state index is 12.8. The number of nitrogens with zero attached hydrogens (tertiary/aromatic N) is 6. The van der Waals surface area contributed by atoms with Gasteiger partial charge in [-0.2, -0.15) is 14.8 Å². The van der Waals surface area contributed by atoms with Gasteiger partial charge in [0.05, 0.1) is 23.4 Å². The van der Waals surface area contributed by atoms with E-state index in [4.69, 9.17) is 4.74 Å². The van der Waals surface area contributed by atoms with Gasteiger partial charge in [0.2, 0.25) is 5.88 Å². The number of benzene rings is 1. The van der Waals surface area contributed by atoms with Gasteiger partial charge in [-0.1, -0.05) is 13.3 Å². The van der Waals surface area contributed by atoms with Crippen LogP contribution in [0, 0.1) is 24.0 Å². The van der Waals surface area contributed by atoms with Crippen molar-refractivity contribution in [2.75, 3.05) is 7.11 Å². The van der Waals surface area contributed by atoms with Crippen LogP contribution in [0.5, 0.6) is 5.88 Å². The van der Waals surface area contributed by atoms with Crippen LogP contribution in [0.25, 0.3) is 5.95 Å². The first-order valence-electron chi connectivity index (χ1n) is 9.25. The van der Waals surface area contributed by atoms with Crippen molar-refractivity contribution >= 4 is 17.1 Å². The fourth-order valence-electron chi connectivity index (χ4n) is 2.91. The van der Waals surface area contributed by atoms with Crippen molar-refractivity contribution < 1.29 is 9.66 Å². The third-order valence-electron chi connectivity index (χ3n) is 4.42. The lowest BCUT2D eigenvalue weighted by molar-refractivity contribution is -0.384. The Balaban J connectivity index is 1.97. The normalized spacial score (nSPS) is 11.2. The highest BCUT2D eigenvalue weighted by atomic mass is 16.6. The van der Waals surface area contributed by atoms with Crippen LogP contribution in [-0.2, 0) is 6.42 Å². The van der Waals surface area contributed by atoms with Gasteiger partial charge in [0.25, 0.3) is 11.6 Å². The number of nitro benzene ring substituents is 1. The summed E-state index contributed by atoms with van der Waals surface area (Å²) in [6.45, 7) is 5.57. The first kappa shape index (κ1) is 20.8. The van der Waals surface area contributed by atoms with Gasteiger partial charge in [-0.25, -0.2) is 4.98 Å². The molecule has 0 aliphatic rings. The summed E-state index contributed by atoms with van der Waals surface area (Å²) in [6, 6.07) is 5.53. The molecule has 0 saturated carbocycles. The predicted molar refractivity (Wildman–Crippen MR) is 109 cm³/mol. The molecule has 0 fully saturated rings. The number of aromatic amines is 1. The van der Waals surface area contributed by atoms with Crippen LogP contribution in [-0.4, -0.2) is 31.8 Å². The van der Waals surface area contributed by atoms with E-state index in [9.17, 15) is 14.9 Å². The smallest absolute Gasteiger partial charge is 0.301 e. The lowest BCUT2D eigenvalue weighted by atomic mass is 10.1. The summed E-state index contributed by atoms with van der Waals surface area (Å²) in [7, 11) is 1.53. The van der Waals surface area contributed by atoms with E-state index in [1.54, 1.807) is 6.92 Å². The van der Waals surface area contributed by atoms with Gasteiger partial charge in [0.15, 0.2) is 5.69 Å². The van der Waals surface area contributed by atoms with Crippen molar-refractivity contribution in [3.63, 3.8) is 0 Å². The van der Waals surface area contributed by atoms with Crippen LogP contribution in [0.2, 0.25) is 0 Å². The summed E-state index contributed by atoms with van der Waals surface area (Å²) in [4.78, 5) is 31.9. The monoisotopic (exact) mass is 411 g/mol. The van der Waals surface area contributed by atoms with E-state index in [0.29, 0.717) is 17.3 Å². The first-order valence-corrected chi connectivity index (χ1v) is 9.25. The zero-order chi connectivity index (χ0) is 21.8. The summed E-state index contributed by atoms with van der Waals surface area (Å²) >= 11 is 0. The second-order valence-electron chi connectivity index (χ2n) is 6.55. The van der Waals surface area contributed by atoms with Gasteiger partial charge in [-0.15, -0.1) is 5.11 Å². The summed E-state index contributed by atoms with van der Waals surface area (Å²) in [5, 5.41) is 21.6. The molecule has 0 saturated heterocycles. The molecule has 3 rings (SSSR count). The molecule has 2 heterocycles. The highest BCUT2D eigenvalue weighted by molar-refractivity contribution is 5.46. The van der Waals surface area contributed by atoms with E-state index in [0.717, 1.165) is 24.1 Å². The van der Waals surface area contributed by atoms with Gasteiger partial charge in [-0.05, 0) is 32.4 Å². The van der Waals surface area contributed by atoms with Crippen molar-refractivity contribution in [1.82, 2.24) is 19.7 Å². The van der Waals surface area contributed by atoms with Crippen LogP contribution in [0.15, 0.2) is 39.3 Å². The minimum Gasteiger partial charge on any atom is -0.481 e. The highest BCUT2D eigenvalue weighted by Crippen LogP contribution is 2.23. The van der Waals surface area contributed by atoms with Crippen molar-refractivity contribution in [3.8, 4) is 11.8 Å². The number of nitrogens with one attached hydrogen (secondary N) is 1. The van der Waals surface area contributed by atoms with E-state index in [1.165, 1.54) is 36.1 Å². The Kier molecular flexibility index (Phi) is 6.00. The van der Waals surface area contributed by atoms with E-state index in [-0.39, 0.29) is 17.3 Å². The standard InChI is InChI=1S/C19H21N7O4/c1-5-6-15-11(2)20-19(21-17(15)30-4)25-18(27)16(12(3)24-25)23-22-13-7-9-14(10-8-13)26(28)29/h7-10,24H,5-6H2,1-4H3. The van der Waals surface area contributed by atoms with Crippen molar-refractivity contribution in [2.24, 2.45) is 10.2 Å².